The molecule has 1 unspecified atom stereocenters. The van der Waals surface area contributed by atoms with Crippen LogP contribution in [-0.4, -0.2) is 50.7 Å². The molecule has 3 aromatic rings. The van der Waals surface area contributed by atoms with E-state index in [1.165, 1.54) is 6.07 Å². The Hall–Kier alpha value is -3.45. The van der Waals surface area contributed by atoms with Gasteiger partial charge < -0.3 is 4.90 Å². The molecule has 1 fully saturated rings. The predicted octanol–water partition coefficient (Wildman–Crippen LogP) is 3.47. The molecular formula is C21H20F3N7. The molecular weight excluding hydrogens is 407 g/mol. The molecule has 0 aromatic carbocycles. The van der Waals surface area contributed by atoms with Crippen LogP contribution in [0, 0.1) is 11.3 Å². The Morgan fingerprint density at radius 1 is 1.16 bits per heavy atom. The van der Waals surface area contributed by atoms with Crippen molar-refractivity contribution in [2.75, 3.05) is 24.5 Å². The number of nitriles is 1. The van der Waals surface area contributed by atoms with E-state index in [0.717, 1.165) is 42.2 Å². The second kappa shape index (κ2) is 8.35. The fourth-order valence-electron chi connectivity index (χ4n) is 3.77. The van der Waals surface area contributed by atoms with E-state index in [4.69, 9.17) is 5.26 Å². The van der Waals surface area contributed by atoms with Crippen LogP contribution in [0.3, 0.4) is 0 Å². The summed E-state index contributed by atoms with van der Waals surface area (Å²) in [5, 5.41) is 16.1. The van der Waals surface area contributed by atoms with Crippen LogP contribution in [-0.2, 0) is 12.7 Å². The summed E-state index contributed by atoms with van der Waals surface area (Å²) < 4.78 is 38.3. The molecule has 1 atom stereocenters. The van der Waals surface area contributed by atoms with Gasteiger partial charge in [-0.1, -0.05) is 0 Å². The van der Waals surface area contributed by atoms with E-state index < -0.39 is 11.7 Å². The van der Waals surface area contributed by atoms with E-state index in [2.05, 4.69) is 25.1 Å². The Balaban J connectivity index is 1.42. The van der Waals surface area contributed by atoms with Crippen LogP contribution >= 0.6 is 0 Å². The van der Waals surface area contributed by atoms with Gasteiger partial charge in [-0.25, -0.2) is 9.97 Å². The number of aromatic amines is 1. The summed E-state index contributed by atoms with van der Waals surface area (Å²) in [4.78, 5) is 12.4. The molecule has 0 saturated carbocycles. The van der Waals surface area contributed by atoms with Gasteiger partial charge in [-0.15, -0.1) is 0 Å². The van der Waals surface area contributed by atoms with Gasteiger partial charge in [-0.2, -0.15) is 23.5 Å². The first-order valence-electron chi connectivity index (χ1n) is 9.76. The molecule has 1 aliphatic heterocycles. The number of aromatic nitrogens is 4. The summed E-state index contributed by atoms with van der Waals surface area (Å²) in [5.74, 6) is 0.549. The first-order chi connectivity index (χ1) is 14.8. The molecule has 4 rings (SSSR count). The molecule has 10 heteroatoms. The highest BCUT2D eigenvalue weighted by Crippen LogP contribution is 2.30. The molecule has 1 N–H and O–H groups in total. The number of nitrogens with zero attached hydrogens (tertiary/aromatic N) is 6. The lowest BCUT2D eigenvalue weighted by Gasteiger charge is -2.40. The summed E-state index contributed by atoms with van der Waals surface area (Å²) in [6.07, 6.45) is -0.0164. The second-order valence-corrected chi connectivity index (χ2v) is 7.48. The molecule has 31 heavy (non-hydrogen) atoms. The fourth-order valence-corrected chi connectivity index (χ4v) is 3.77. The number of H-pyrrole nitrogens is 1. The molecule has 7 nitrogen and oxygen atoms in total. The number of halogens is 3. The molecule has 4 heterocycles. The van der Waals surface area contributed by atoms with Crippen molar-refractivity contribution in [1.82, 2.24) is 25.1 Å². The lowest BCUT2D eigenvalue weighted by Crippen LogP contribution is -2.51. The zero-order valence-electron chi connectivity index (χ0n) is 16.8. The Kier molecular flexibility index (Phi) is 5.61. The maximum absolute atomic E-state index is 12.8. The van der Waals surface area contributed by atoms with E-state index in [-0.39, 0.29) is 6.04 Å². The van der Waals surface area contributed by atoms with Gasteiger partial charge in [0.15, 0.2) is 0 Å². The van der Waals surface area contributed by atoms with Crippen LogP contribution in [0.1, 0.15) is 23.7 Å². The third-order valence-electron chi connectivity index (χ3n) is 5.35. The standard InChI is InChI=1S/C21H20F3N7/c1-14-12-30(6-7-31(14)19-5-3-17(11-27-19)21(22,23)24)13-16-10-28-29-20(16)15-2-4-18(8-25)26-9-15/h2-5,9-11,14H,6-7,12-13H2,1H3,(H,28,29). The molecule has 0 radical (unpaired) electrons. The summed E-state index contributed by atoms with van der Waals surface area (Å²) in [6, 6.07) is 8.07. The molecule has 1 saturated heterocycles. The molecule has 1 aliphatic rings. The van der Waals surface area contributed by atoms with E-state index in [0.29, 0.717) is 24.6 Å². The van der Waals surface area contributed by atoms with Crippen molar-refractivity contribution in [2.24, 2.45) is 0 Å². The van der Waals surface area contributed by atoms with Crippen molar-refractivity contribution in [1.29, 1.82) is 5.26 Å². The Morgan fingerprint density at radius 3 is 2.61 bits per heavy atom. The minimum absolute atomic E-state index is 0.0879. The van der Waals surface area contributed by atoms with Crippen molar-refractivity contribution in [3.8, 4) is 17.3 Å². The van der Waals surface area contributed by atoms with Crippen molar-refractivity contribution >= 4 is 5.82 Å². The smallest absolute Gasteiger partial charge is 0.351 e. The summed E-state index contributed by atoms with van der Waals surface area (Å²) in [6.45, 7) is 4.84. The van der Waals surface area contributed by atoms with Crippen molar-refractivity contribution in [3.05, 3.63) is 59.7 Å². The molecule has 0 bridgehead atoms. The number of hydrogen-bond donors (Lipinski definition) is 1. The Labute approximate surface area is 177 Å². The van der Waals surface area contributed by atoms with Crippen molar-refractivity contribution in [2.45, 2.75) is 25.7 Å². The number of nitrogens with one attached hydrogen (secondary N) is 1. The lowest BCUT2D eigenvalue weighted by atomic mass is 10.1. The zero-order valence-corrected chi connectivity index (χ0v) is 16.8. The number of hydrogen-bond acceptors (Lipinski definition) is 6. The summed E-state index contributed by atoms with van der Waals surface area (Å²) in [7, 11) is 0. The molecule has 0 spiro atoms. The van der Waals surface area contributed by atoms with E-state index in [1.807, 2.05) is 30.2 Å². The molecule has 0 aliphatic carbocycles. The molecule has 3 aromatic heterocycles. The normalized spacial score (nSPS) is 17.5. The number of rotatable bonds is 4. The van der Waals surface area contributed by atoms with Crippen molar-refractivity contribution < 1.29 is 13.2 Å². The maximum atomic E-state index is 12.8. The fraction of sp³-hybridized carbons (Fsp3) is 0.333. The SMILES string of the molecule is CC1CN(Cc2c[nH]nc2-c2ccc(C#N)nc2)CCN1c1ccc(C(F)(F)F)cn1. The molecule has 160 valence electrons. The summed E-state index contributed by atoms with van der Waals surface area (Å²) >= 11 is 0. The Bertz CT molecular complexity index is 1070. The highest BCUT2D eigenvalue weighted by molar-refractivity contribution is 5.62. The maximum Gasteiger partial charge on any atom is 0.417 e. The van der Waals surface area contributed by atoms with E-state index >= 15 is 0 Å². The first-order valence-corrected chi connectivity index (χ1v) is 9.76. The minimum atomic E-state index is -4.39. The van der Waals surface area contributed by atoms with Crippen LogP contribution < -0.4 is 4.90 Å². The average Bonchev–Trinajstić information content (AvgIpc) is 3.21. The third-order valence-corrected chi connectivity index (χ3v) is 5.35. The van der Waals surface area contributed by atoms with Gasteiger partial charge in [0.1, 0.15) is 17.6 Å². The van der Waals surface area contributed by atoms with Gasteiger partial charge in [0, 0.05) is 61.9 Å². The average molecular weight is 427 g/mol. The summed E-state index contributed by atoms with van der Waals surface area (Å²) in [5.41, 5.74) is 2.24. The lowest BCUT2D eigenvalue weighted by molar-refractivity contribution is -0.137. The van der Waals surface area contributed by atoms with Crippen LogP contribution in [0.2, 0.25) is 0 Å². The van der Waals surface area contributed by atoms with Crippen LogP contribution in [0.4, 0.5) is 19.0 Å². The van der Waals surface area contributed by atoms with Gasteiger partial charge in [0.25, 0.3) is 0 Å². The van der Waals surface area contributed by atoms with E-state index in [1.54, 1.807) is 12.3 Å². The number of alkyl halides is 3. The van der Waals surface area contributed by atoms with Gasteiger partial charge in [-0.05, 0) is 31.2 Å². The highest BCUT2D eigenvalue weighted by atomic mass is 19.4. The zero-order chi connectivity index (χ0) is 22.0. The number of pyridine rings is 2. The topological polar surface area (TPSA) is 84.7 Å². The number of anilines is 1. The van der Waals surface area contributed by atoms with Gasteiger partial charge in [-0.3, -0.25) is 10.00 Å². The van der Waals surface area contributed by atoms with Gasteiger partial charge in [0.05, 0.1) is 11.3 Å². The van der Waals surface area contributed by atoms with Crippen LogP contribution in [0.5, 0.6) is 0 Å². The van der Waals surface area contributed by atoms with E-state index in [9.17, 15) is 13.2 Å². The largest absolute Gasteiger partial charge is 0.417 e. The van der Waals surface area contributed by atoms with Crippen LogP contribution in [0.15, 0.2) is 42.9 Å². The monoisotopic (exact) mass is 427 g/mol. The number of piperazine rings is 1. The quantitative estimate of drug-likeness (QED) is 0.686. The minimum Gasteiger partial charge on any atom is -0.351 e. The third kappa shape index (κ3) is 4.51. The van der Waals surface area contributed by atoms with Gasteiger partial charge in [0.2, 0.25) is 0 Å². The van der Waals surface area contributed by atoms with Crippen LogP contribution in [0.25, 0.3) is 11.3 Å². The molecule has 0 amide bonds. The van der Waals surface area contributed by atoms with Crippen molar-refractivity contribution in [3.63, 3.8) is 0 Å². The second-order valence-electron chi connectivity index (χ2n) is 7.48. The highest BCUT2D eigenvalue weighted by Gasteiger charge is 2.31. The Morgan fingerprint density at radius 2 is 2.00 bits per heavy atom. The first kappa shape index (κ1) is 20.8. The predicted molar refractivity (Wildman–Crippen MR) is 108 cm³/mol. The van der Waals surface area contributed by atoms with Gasteiger partial charge >= 0.3 is 6.18 Å².